The molecule has 0 aromatic heterocycles. The summed E-state index contributed by atoms with van der Waals surface area (Å²) in [5.74, 6) is 0.0894. The fraction of sp³-hybridized carbons (Fsp3) is 0.833. The molecule has 1 atom stereocenters. The van der Waals surface area contributed by atoms with Gasteiger partial charge in [0, 0.05) is 12.6 Å². The molecule has 0 aromatic rings. The van der Waals surface area contributed by atoms with Crippen LogP contribution < -0.4 is 5.73 Å². The molecule has 0 spiro atoms. The Hall–Kier alpha value is -0.640. The Morgan fingerprint density at radius 1 is 1.50 bits per heavy atom. The van der Waals surface area contributed by atoms with Gasteiger partial charge in [-0.05, 0) is 39.5 Å². The lowest BCUT2D eigenvalue weighted by Crippen LogP contribution is -2.52. The minimum absolute atomic E-state index is 0.0894. The van der Waals surface area contributed by atoms with Crippen molar-refractivity contribution in [1.82, 2.24) is 4.90 Å². The van der Waals surface area contributed by atoms with Gasteiger partial charge >= 0.3 is 0 Å². The molecule has 0 bridgehead atoms. The average Bonchev–Trinajstić information content (AvgIpc) is 2.27. The molecule has 1 unspecified atom stereocenters. The summed E-state index contributed by atoms with van der Waals surface area (Å²) < 4.78 is 0. The number of amides is 1. The highest BCUT2D eigenvalue weighted by Crippen LogP contribution is 2.26. The van der Waals surface area contributed by atoms with Crippen molar-refractivity contribution < 1.29 is 4.79 Å². The van der Waals surface area contributed by atoms with Crippen molar-refractivity contribution in [1.29, 1.82) is 0 Å². The van der Waals surface area contributed by atoms with Crippen molar-refractivity contribution in [2.45, 2.75) is 52.5 Å². The van der Waals surface area contributed by atoms with Gasteiger partial charge in [0.05, 0.1) is 10.4 Å². The number of nitrogens with zero attached hydrogens (tertiary/aromatic N) is 1. The molecule has 1 rings (SSSR count). The highest BCUT2D eigenvalue weighted by molar-refractivity contribution is 7.80. The molecule has 1 heterocycles. The van der Waals surface area contributed by atoms with Gasteiger partial charge in [-0.25, -0.2) is 0 Å². The van der Waals surface area contributed by atoms with Crippen LogP contribution in [-0.2, 0) is 4.79 Å². The molecule has 1 amide bonds. The van der Waals surface area contributed by atoms with E-state index in [0.717, 1.165) is 25.8 Å². The zero-order chi connectivity index (χ0) is 12.3. The Labute approximate surface area is 103 Å². The second-order valence-electron chi connectivity index (χ2n) is 5.05. The zero-order valence-electron chi connectivity index (χ0n) is 10.5. The van der Waals surface area contributed by atoms with Gasteiger partial charge in [-0.15, -0.1) is 0 Å². The van der Waals surface area contributed by atoms with Crippen molar-refractivity contribution in [3.63, 3.8) is 0 Å². The summed E-state index contributed by atoms with van der Waals surface area (Å²) >= 11 is 4.98. The number of nitrogens with two attached hydrogens (primary N) is 1. The molecule has 4 heteroatoms. The van der Waals surface area contributed by atoms with Gasteiger partial charge in [0.1, 0.15) is 0 Å². The van der Waals surface area contributed by atoms with Crippen LogP contribution in [0.4, 0.5) is 0 Å². The van der Waals surface area contributed by atoms with Gasteiger partial charge in [-0.1, -0.05) is 19.1 Å². The first kappa shape index (κ1) is 13.4. The largest absolute Gasteiger partial charge is 0.392 e. The van der Waals surface area contributed by atoms with Crippen molar-refractivity contribution in [3.05, 3.63) is 0 Å². The first-order valence-corrected chi connectivity index (χ1v) is 6.43. The second kappa shape index (κ2) is 5.13. The number of carbonyl (C=O) groups is 1. The number of hydrogen-bond donors (Lipinski definition) is 1. The molecular weight excluding hydrogens is 220 g/mol. The van der Waals surface area contributed by atoms with E-state index in [-0.39, 0.29) is 10.9 Å². The van der Waals surface area contributed by atoms with Gasteiger partial charge < -0.3 is 10.6 Å². The predicted molar refractivity (Wildman–Crippen MR) is 70.2 cm³/mol. The maximum atomic E-state index is 12.4. The van der Waals surface area contributed by atoms with E-state index in [1.165, 1.54) is 6.42 Å². The SMILES string of the molecule is CCC1CCCCN1C(=O)C(C)(C)C(N)=S. The molecule has 1 aliphatic rings. The summed E-state index contributed by atoms with van der Waals surface area (Å²) in [5.41, 5.74) is 4.94. The van der Waals surface area contributed by atoms with Gasteiger partial charge in [0.2, 0.25) is 5.91 Å². The lowest BCUT2D eigenvalue weighted by molar-refractivity contribution is -0.140. The van der Waals surface area contributed by atoms with E-state index in [9.17, 15) is 4.79 Å². The molecule has 1 aliphatic heterocycles. The lowest BCUT2D eigenvalue weighted by Gasteiger charge is -2.39. The van der Waals surface area contributed by atoms with Crippen LogP contribution in [0.3, 0.4) is 0 Å². The summed E-state index contributed by atoms with van der Waals surface area (Å²) in [6.07, 6.45) is 4.43. The summed E-state index contributed by atoms with van der Waals surface area (Å²) in [7, 11) is 0. The van der Waals surface area contributed by atoms with E-state index < -0.39 is 5.41 Å². The van der Waals surface area contributed by atoms with Crippen LogP contribution in [0.5, 0.6) is 0 Å². The quantitative estimate of drug-likeness (QED) is 0.771. The van der Waals surface area contributed by atoms with Gasteiger partial charge in [0.15, 0.2) is 0 Å². The van der Waals surface area contributed by atoms with E-state index >= 15 is 0 Å². The Balaban J connectivity index is 2.82. The molecule has 0 aromatic carbocycles. The van der Waals surface area contributed by atoms with Crippen LogP contribution in [-0.4, -0.2) is 28.4 Å². The Bertz CT molecular complexity index is 289. The van der Waals surface area contributed by atoms with E-state index in [0.29, 0.717) is 6.04 Å². The molecule has 0 saturated carbocycles. The molecule has 1 saturated heterocycles. The lowest BCUT2D eigenvalue weighted by atomic mass is 9.88. The van der Waals surface area contributed by atoms with Crippen LogP contribution in [0.2, 0.25) is 0 Å². The van der Waals surface area contributed by atoms with Crippen LogP contribution in [0.25, 0.3) is 0 Å². The van der Waals surface area contributed by atoms with E-state index in [4.69, 9.17) is 18.0 Å². The van der Waals surface area contributed by atoms with Crippen molar-refractivity contribution in [3.8, 4) is 0 Å². The predicted octanol–water partition coefficient (Wildman–Crippen LogP) is 2.09. The topological polar surface area (TPSA) is 46.3 Å². The molecule has 3 nitrogen and oxygen atoms in total. The average molecular weight is 242 g/mol. The molecule has 1 fully saturated rings. The maximum absolute atomic E-state index is 12.4. The summed E-state index contributed by atoms with van der Waals surface area (Å²) in [6, 6.07) is 0.370. The van der Waals surface area contributed by atoms with Crippen LogP contribution in [0.15, 0.2) is 0 Å². The minimum atomic E-state index is -0.708. The summed E-state index contributed by atoms with van der Waals surface area (Å²) in [4.78, 5) is 14.7. The molecule has 92 valence electrons. The molecular formula is C12H22N2OS. The Morgan fingerprint density at radius 2 is 2.12 bits per heavy atom. The fourth-order valence-electron chi connectivity index (χ4n) is 2.16. The number of carbonyl (C=O) groups excluding carboxylic acids is 1. The third-order valence-electron chi connectivity index (χ3n) is 3.51. The fourth-order valence-corrected chi connectivity index (χ4v) is 2.24. The first-order chi connectivity index (χ1) is 7.41. The Kier molecular flexibility index (Phi) is 4.30. The summed E-state index contributed by atoms with van der Waals surface area (Å²) in [6.45, 7) is 6.62. The highest BCUT2D eigenvalue weighted by Gasteiger charge is 2.37. The van der Waals surface area contributed by atoms with E-state index in [1.807, 2.05) is 18.7 Å². The maximum Gasteiger partial charge on any atom is 0.235 e. The number of piperidine rings is 1. The third kappa shape index (κ3) is 2.54. The van der Waals surface area contributed by atoms with Crippen LogP contribution >= 0.6 is 12.2 Å². The Morgan fingerprint density at radius 3 is 2.62 bits per heavy atom. The molecule has 0 radical (unpaired) electrons. The smallest absolute Gasteiger partial charge is 0.235 e. The monoisotopic (exact) mass is 242 g/mol. The van der Waals surface area contributed by atoms with Gasteiger partial charge in [-0.3, -0.25) is 4.79 Å². The number of rotatable bonds is 3. The second-order valence-corrected chi connectivity index (χ2v) is 5.49. The molecule has 2 N–H and O–H groups in total. The van der Waals surface area contributed by atoms with Crippen molar-refractivity contribution in [2.24, 2.45) is 11.1 Å². The third-order valence-corrected chi connectivity index (χ3v) is 4.02. The van der Waals surface area contributed by atoms with Gasteiger partial charge in [0.25, 0.3) is 0 Å². The number of thiocarbonyl (C=S) groups is 1. The van der Waals surface area contributed by atoms with Crippen molar-refractivity contribution in [2.75, 3.05) is 6.54 Å². The molecule has 0 aliphatic carbocycles. The van der Waals surface area contributed by atoms with E-state index in [2.05, 4.69) is 6.92 Å². The number of likely N-dealkylation sites (tertiary alicyclic amines) is 1. The number of hydrogen-bond acceptors (Lipinski definition) is 2. The normalized spacial score (nSPS) is 21.9. The standard InChI is InChI=1S/C12H22N2OS/c1-4-9-7-5-6-8-14(9)11(15)12(2,3)10(13)16/h9H,4-8H2,1-3H3,(H2,13,16). The summed E-state index contributed by atoms with van der Waals surface area (Å²) in [5, 5.41) is 0. The van der Waals surface area contributed by atoms with Crippen LogP contribution in [0, 0.1) is 5.41 Å². The van der Waals surface area contributed by atoms with Crippen LogP contribution in [0.1, 0.15) is 46.5 Å². The first-order valence-electron chi connectivity index (χ1n) is 6.02. The van der Waals surface area contributed by atoms with Crippen molar-refractivity contribution >= 4 is 23.1 Å². The van der Waals surface area contributed by atoms with E-state index in [1.54, 1.807) is 0 Å². The zero-order valence-corrected chi connectivity index (χ0v) is 11.3. The molecule has 16 heavy (non-hydrogen) atoms. The highest BCUT2D eigenvalue weighted by atomic mass is 32.1. The minimum Gasteiger partial charge on any atom is -0.392 e. The van der Waals surface area contributed by atoms with Gasteiger partial charge in [-0.2, -0.15) is 0 Å².